The molecule has 0 amide bonds. The first-order valence-corrected chi connectivity index (χ1v) is 8.88. The summed E-state index contributed by atoms with van der Waals surface area (Å²) in [7, 11) is 0. The molecule has 3 heterocycles. The van der Waals surface area contributed by atoms with Crippen molar-refractivity contribution in [3.63, 3.8) is 0 Å². The third-order valence-electron chi connectivity index (χ3n) is 4.12. The Morgan fingerprint density at radius 2 is 1.72 bits per heavy atom. The van der Waals surface area contributed by atoms with E-state index >= 15 is 0 Å². The van der Waals surface area contributed by atoms with Crippen molar-refractivity contribution in [2.75, 3.05) is 5.32 Å². The standard InChI is InChI=1S/C20H18N4S/c1-14-8-11-21-15(2)19(14)23-20-17-10-13-24(18(17)9-12-22-20)25-16-6-4-3-5-7-16/h3-13H,1-2H3,(H,22,23). The first-order chi connectivity index (χ1) is 12.2. The number of aromatic nitrogens is 3. The molecule has 124 valence electrons. The fourth-order valence-electron chi connectivity index (χ4n) is 2.82. The van der Waals surface area contributed by atoms with E-state index in [2.05, 4.69) is 62.7 Å². The van der Waals surface area contributed by atoms with Gasteiger partial charge in [-0.2, -0.15) is 0 Å². The first-order valence-electron chi connectivity index (χ1n) is 8.11. The summed E-state index contributed by atoms with van der Waals surface area (Å²) in [4.78, 5) is 10.1. The summed E-state index contributed by atoms with van der Waals surface area (Å²) >= 11 is 1.69. The number of pyridine rings is 2. The molecule has 1 aromatic carbocycles. The molecule has 0 saturated heterocycles. The average Bonchev–Trinajstić information content (AvgIpc) is 3.03. The highest BCUT2D eigenvalue weighted by Crippen LogP contribution is 2.31. The lowest BCUT2D eigenvalue weighted by Crippen LogP contribution is -2.00. The van der Waals surface area contributed by atoms with Crippen LogP contribution in [0.15, 0.2) is 72.0 Å². The Labute approximate surface area is 151 Å². The van der Waals surface area contributed by atoms with Crippen molar-refractivity contribution in [3.8, 4) is 0 Å². The van der Waals surface area contributed by atoms with Crippen LogP contribution in [0.5, 0.6) is 0 Å². The van der Waals surface area contributed by atoms with Crippen molar-refractivity contribution in [2.24, 2.45) is 0 Å². The highest BCUT2D eigenvalue weighted by atomic mass is 32.2. The molecule has 4 aromatic rings. The van der Waals surface area contributed by atoms with Gasteiger partial charge in [0.05, 0.1) is 16.9 Å². The van der Waals surface area contributed by atoms with Crippen LogP contribution in [0.1, 0.15) is 11.3 Å². The van der Waals surface area contributed by atoms with Gasteiger partial charge in [0.25, 0.3) is 0 Å². The number of benzene rings is 1. The van der Waals surface area contributed by atoms with Gasteiger partial charge in [0.1, 0.15) is 5.82 Å². The lowest BCUT2D eigenvalue weighted by molar-refractivity contribution is 1.17. The van der Waals surface area contributed by atoms with Crippen molar-refractivity contribution >= 4 is 34.4 Å². The van der Waals surface area contributed by atoms with Gasteiger partial charge in [-0.1, -0.05) is 18.2 Å². The van der Waals surface area contributed by atoms with Crippen LogP contribution in [0.2, 0.25) is 0 Å². The van der Waals surface area contributed by atoms with Crippen LogP contribution in [-0.4, -0.2) is 13.9 Å². The van der Waals surface area contributed by atoms with Crippen molar-refractivity contribution in [1.82, 2.24) is 13.9 Å². The van der Waals surface area contributed by atoms with Crippen LogP contribution in [0.3, 0.4) is 0 Å². The summed E-state index contributed by atoms with van der Waals surface area (Å²) in [6.07, 6.45) is 5.75. The summed E-state index contributed by atoms with van der Waals surface area (Å²) in [5.41, 5.74) is 4.28. The zero-order valence-corrected chi connectivity index (χ0v) is 14.9. The Hall–Kier alpha value is -2.79. The van der Waals surface area contributed by atoms with E-state index in [0.717, 1.165) is 33.7 Å². The number of rotatable bonds is 4. The number of nitrogens with zero attached hydrogens (tertiary/aromatic N) is 3. The molecular weight excluding hydrogens is 328 g/mol. The number of aryl methyl sites for hydroxylation is 2. The molecule has 0 bridgehead atoms. The van der Waals surface area contributed by atoms with Crippen LogP contribution in [-0.2, 0) is 0 Å². The molecule has 25 heavy (non-hydrogen) atoms. The molecule has 0 aliphatic rings. The minimum Gasteiger partial charge on any atom is -0.338 e. The summed E-state index contributed by atoms with van der Waals surface area (Å²) in [5, 5.41) is 4.56. The van der Waals surface area contributed by atoms with Gasteiger partial charge < -0.3 is 5.32 Å². The number of nitrogens with one attached hydrogen (secondary N) is 1. The summed E-state index contributed by atoms with van der Waals surface area (Å²) in [5.74, 6) is 0.851. The van der Waals surface area contributed by atoms with Crippen molar-refractivity contribution in [3.05, 3.63) is 78.4 Å². The van der Waals surface area contributed by atoms with Gasteiger partial charge in [0, 0.05) is 28.9 Å². The van der Waals surface area contributed by atoms with Crippen LogP contribution < -0.4 is 5.32 Å². The van der Waals surface area contributed by atoms with Gasteiger partial charge in [-0.15, -0.1) is 0 Å². The Balaban J connectivity index is 1.72. The van der Waals surface area contributed by atoms with Crippen LogP contribution >= 0.6 is 11.9 Å². The second kappa shape index (κ2) is 6.61. The third kappa shape index (κ3) is 3.10. The second-order valence-electron chi connectivity index (χ2n) is 5.85. The SMILES string of the molecule is Cc1ccnc(C)c1Nc1nccc2c1ccn2Sc1ccccc1. The average molecular weight is 346 g/mol. The van der Waals surface area contributed by atoms with E-state index in [4.69, 9.17) is 0 Å². The lowest BCUT2D eigenvalue weighted by Gasteiger charge is -2.12. The van der Waals surface area contributed by atoms with Crippen molar-refractivity contribution in [2.45, 2.75) is 18.7 Å². The zero-order valence-electron chi connectivity index (χ0n) is 14.1. The van der Waals surface area contributed by atoms with E-state index in [0.29, 0.717) is 0 Å². The molecule has 0 unspecified atom stereocenters. The van der Waals surface area contributed by atoms with Gasteiger partial charge in [-0.3, -0.25) is 8.96 Å². The molecule has 0 saturated carbocycles. The normalized spacial score (nSPS) is 11.0. The lowest BCUT2D eigenvalue weighted by atomic mass is 10.2. The monoisotopic (exact) mass is 346 g/mol. The molecule has 0 atom stereocenters. The molecule has 0 aliphatic carbocycles. The Bertz CT molecular complexity index is 1000. The van der Waals surface area contributed by atoms with E-state index in [-0.39, 0.29) is 0 Å². The largest absolute Gasteiger partial charge is 0.338 e. The minimum atomic E-state index is 0.851. The second-order valence-corrected chi connectivity index (χ2v) is 6.90. The Morgan fingerprint density at radius 1 is 0.920 bits per heavy atom. The predicted octanol–water partition coefficient (Wildman–Crippen LogP) is 5.35. The van der Waals surface area contributed by atoms with Gasteiger partial charge in [-0.05, 0) is 61.7 Å². The number of fused-ring (bicyclic) bond motifs is 1. The number of anilines is 2. The summed E-state index contributed by atoms with van der Waals surface area (Å²) in [6.45, 7) is 4.08. The van der Waals surface area contributed by atoms with Gasteiger partial charge >= 0.3 is 0 Å². The minimum absolute atomic E-state index is 0.851. The van der Waals surface area contributed by atoms with Crippen LogP contribution in [0.25, 0.3) is 10.9 Å². The van der Waals surface area contributed by atoms with E-state index in [1.807, 2.05) is 37.5 Å². The van der Waals surface area contributed by atoms with Gasteiger partial charge in [0.15, 0.2) is 0 Å². The quantitative estimate of drug-likeness (QED) is 0.541. The zero-order chi connectivity index (χ0) is 17.2. The van der Waals surface area contributed by atoms with E-state index < -0.39 is 0 Å². The number of hydrogen-bond donors (Lipinski definition) is 1. The molecule has 0 radical (unpaired) electrons. The maximum Gasteiger partial charge on any atom is 0.139 e. The highest BCUT2D eigenvalue weighted by Gasteiger charge is 2.10. The molecule has 5 heteroatoms. The maximum absolute atomic E-state index is 4.54. The smallest absolute Gasteiger partial charge is 0.139 e. The van der Waals surface area contributed by atoms with Crippen molar-refractivity contribution < 1.29 is 0 Å². The third-order valence-corrected chi connectivity index (χ3v) is 5.12. The molecule has 4 rings (SSSR count). The first kappa shape index (κ1) is 15.7. The predicted molar refractivity (Wildman–Crippen MR) is 104 cm³/mol. The fourth-order valence-corrected chi connectivity index (χ4v) is 3.70. The van der Waals surface area contributed by atoms with E-state index in [9.17, 15) is 0 Å². The number of hydrogen-bond acceptors (Lipinski definition) is 4. The summed E-state index contributed by atoms with van der Waals surface area (Å²) in [6, 6.07) is 16.5. The Morgan fingerprint density at radius 3 is 2.52 bits per heavy atom. The van der Waals surface area contributed by atoms with Gasteiger partial charge in [0.2, 0.25) is 0 Å². The van der Waals surface area contributed by atoms with E-state index in [1.165, 1.54) is 4.90 Å². The van der Waals surface area contributed by atoms with Crippen LogP contribution in [0, 0.1) is 13.8 Å². The van der Waals surface area contributed by atoms with E-state index in [1.54, 1.807) is 11.9 Å². The van der Waals surface area contributed by atoms with Gasteiger partial charge in [-0.25, -0.2) is 4.98 Å². The molecule has 1 N–H and O–H groups in total. The molecule has 0 fully saturated rings. The van der Waals surface area contributed by atoms with Crippen LogP contribution in [0.4, 0.5) is 11.5 Å². The molecule has 0 aliphatic heterocycles. The summed E-state index contributed by atoms with van der Waals surface area (Å²) < 4.78 is 2.17. The molecule has 3 aromatic heterocycles. The molecule has 0 spiro atoms. The highest BCUT2D eigenvalue weighted by molar-refractivity contribution is 7.98. The van der Waals surface area contributed by atoms with Crippen molar-refractivity contribution in [1.29, 1.82) is 0 Å². The molecule has 4 nitrogen and oxygen atoms in total. The fraction of sp³-hybridized carbons (Fsp3) is 0.100. The maximum atomic E-state index is 4.54. The molecular formula is C20H18N4S. The topological polar surface area (TPSA) is 42.7 Å². The Kier molecular flexibility index (Phi) is 4.15.